The molecule has 5 nitrogen and oxygen atoms in total. The normalized spacial score (nSPS) is 21.2. The van der Waals surface area contributed by atoms with Gasteiger partial charge in [0, 0.05) is 18.3 Å². The highest BCUT2D eigenvalue weighted by Crippen LogP contribution is 2.42. The zero-order valence-electron chi connectivity index (χ0n) is 12.1. The molecule has 0 aromatic carbocycles. The second-order valence-corrected chi connectivity index (χ2v) is 6.31. The van der Waals surface area contributed by atoms with Gasteiger partial charge in [0.2, 0.25) is 0 Å². The average Bonchev–Trinajstić information content (AvgIpc) is 3.14. The Hall–Kier alpha value is -1.91. The van der Waals surface area contributed by atoms with Crippen LogP contribution in [-0.2, 0) is 0 Å². The van der Waals surface area contributed by atoms with Crippen molar-refractivity contribution in [3.63, 3.8) is 0 Å². The van der Waals surface area contributed by atoms with Crippen LogP contribution in [0.25, 0.3) is 11.0 Å². The van der Waals surface area contributed by atoms with E-state index in [-0.39, 0.29) is 11.4 Å². The molecule has 110 valence electrons. The number of H-pyrrole nitrogens is 1. The Kier molecular flexibility index (Phi) is 2.94. The molecule has 1 saturated heterocycles. The number of amides is 1. The van der Waals surface area contributed by atoms with Crippen LogP contribution in [0.2, 0.25) is 0 Å². The smallest absolute Gasteiger partial charge is 0.273 e. The third kappa shape index (κ3) is 1.94. The van der Waals surface area contributed by atoms with Gasteiger partial charge >= 0.3 is 0 Å². The molecule has 2 aromatic rings. The van der Waals surface area contributed by atoms with Crippen molar-refractivity contribution in [1.82, 2.24) is 19.9 Å². The topological polar surface area (TPSA) is 61.9 Å². The van der Waals surface area contributed by atoms with E-state index in [4.69, 9.17) is 0 Å². The van der Waals surface area contributed by atoms with Gasteiger partial charge in [0.15, 0.2) is 0 Å². The number of carbonyl (C=O) groups excluding carboxylic acids is 1. The van der Waals surface area contributed by atoms with Crippen LogP contribution in [0.5, 0.6) is 0 Å². The van der Waals surface area contributed by atoms with Crippen LogP contribution in [0.4, 0.5) is 0 Å². The minimum absolute atomic E-state index is 0.0846. The number of carbonyl (C=O) groups is 1. The number of hydrogen-bond donors (Lipinski definition) is 1. The first-order valence-electron chi connectivity index (χ1n) is 7.90. The van der Waals surface area contributed by atoms with Gasteiger partial charge in [0.1, 0.15) is 17.7 Å². The van der Waals surface area contributed by atoms with E-state index in [1.165, 1.54) is 25.6 Å². The maximum Gasteiger partial charge on any atom is 0.273 e. The van der Waals surface area contributed by atoms with E-state index < -0.39 is 0 Å². The molecule has 3 heterocycles. The number of nitrogens with zero attached hydrogens (tertiary/aromatic N) is 3. The van der Waals surface area contributed by atoms with Crippen molar-refractivity contribution in [3.8, 4) is 0 Å². The largest absolute Gasteiger partial charge is 0.346 e. The SMILES string of the molecule is O=C(c1ncnc2[nH]ccc12)N1CCCC12CCCCC2. The third-order valence-electron chi connectivity index (χ3n) is 5.18. The predicted octanol–water partition coefficient (Wildman–Crippen LogP) is 2.90. The molecular weight excluding hydrogens is 264 g/mol. The highest BCUT2D eigenvalue weighted by atomic mass is 16.2. The molecule has 1 aliphatic heterocycles. The summed E-state index contributed by atoms with van der Waals surface area (Å²) in [5, 5.41) is 0.834. The molecule has 21 heavy (non-hydrogen) atoms. The number of nitrogens with one attached hydrogen (secondary N) is 1. The van der Waals surface area contributed by atoms with E-state index in [0.29, 0.717) is 5.69 Å². The summed E-state index contributed by atoms with van der Waals surface area (Å²) in [6.07, 6.45) is 11.7. The maximum absolute atomic E-state index is 13.1. The number of likely N-dealkylation sites (tertiary alicyclic amines) is 1. The van der Waals surface area contributed by atoms with Crippen molar-refractivity contribution in [2.75, 3.05) is 6.54 Å². The molecule has 0 bridgehead atoms. The lowest BCUT2D eigenvalue weighted by molar-refractivity contribution is 0.0496. The van der Waals surface area contributed by atoms with Gasteiger partial charge in [-0.15, -0.1) is 0 Å². The summed E-state index contributed by atoms with van der Waals surface area (Å²) in [6, 6.07) is 1.90. The van der Waals surface area contributed by atoms with Gasteiger partial charge in [-0.3, -0.25) is 4.79 Å². The van der Waals surface area contributed by atoms with E-state index in [9.17, 15) is 4.79 Å². The first-order valence-corrected chi connectivity index (χ1v) is 7.90. The Morgan fingerprint density at radius 2 is 1.95 bits per heavy atom. The Balaban J connectivity index is 1.72. The number of aromatic amines is 1. The van der Waals surface area contributed by atoms with Crippen LogP contribution >= 0.6 is 0 Å². The molecule has 0 atom stereocenters. The fourth-order valence-electron chi connectivity index (χ4n) is 4.16. The molecule has 0 radical (unpaired) electrons. The highest BCUT2D eigenvalue weighted by molar-refractivity contribution is 6.04. The molecule has 2 fully saturated rings. The fraction of sp³-hybridized carbons (Fsp3) is 0.562. The van der Waals surface area contributed by atoms with Crippen molar-refractivity contribution < 1.29 is 4.79 Å². The van der Waals surface area contributed by atoms with Crippen LogP contribution in [0.15, 0.2) is 18.6 Å². The molecule has 2 aliphatic rings. The summed E-state index contributed by atoms with van der Waals surface area (Å²) in [7, 11) is 0. The van der Waals surface area contributed by atoms with E-state index in [1.807, 2.05) is 12.3 Å². The Labute approximate surface area is 123 Å². The van der Waals surface area contributed by atoms with Crippen molar-refractivity contribution in [2.24, 2.45) is 0 Å². The Morgan fingerprint density at radius 3 is 2.81 bits per heavy atom. The molecule has 1 N–H and O–H groups in total. The zero-order valence-corrected chi connectivity index (χ0v) is 12.1. The summed E-state index contributed by atoms with van der Waals surface area (Å²) < 4.78 is 0. The molecule has 1 aliphatic carbocycles. The van der Waals surface area contributed by atoms with Crippen molar-refractivity contribution >= 4 is 16.9 Å². The summed E-state index contributed by atoms with van der Waals surface area (Å²) in [4.78, 5) is 26.7. The number of rotatable bonds is 1. The second kappa shape index (κ2) is 4.83. The molecule has 4 rings (SSSR count). The summed E-state index contributed by atoms with van der Waals surface area (Å²) in [6.45, 7) is 0.870. The van der Waals surface area contributed by atoms with Gasteiger partial charge in [-0.05, 0) is 31.7 Å². The Bertz CT molecular complexity index is 672. The average molecular weight is 284 g/mol. The highest BCUT2D eigenvalue weighted by Gasteiger charge is 2.44. The van der Waals surface area contributed by atoms with Crippen LogP contribution in [0, 0.1) is 0 Å². The van der Waals surface area contributed by atoms with Gasteiger partial charge in [-0.25, -0.2) is 9.97 Å². The standard InChI is InChI=1S/C16H20N4O/c21-15(13-12-5-9-17-14(12)19-11-18-13)20-10-4-8-16(20)6-2-1-3-7-16/h5,9,11H,1-4,6-8,10H2,(H,17,18,19). The third-order valence-corrected chi connectivity index (χ3v) is 5.18. The van der Waals surface area contributed by atoms with Crippen LogP contribution in [0.1, 0.15) is 55.4 Å². The van der Waals surface area contributed by atoms with Gasteiger partial charge in [-0.1, -0.05) is 19.3 Å². The van der Waals surface area contributed by atoms with E-state index in [0.717, 1.165) is 43.3 Å². The fourth-order valence-corrected chi connectivity index (χ4v) is 4.16. The van der Waals surface area contributed by atoms with Gasteiger partial charge in [-0.2, -0.15) is 0 Å². The zero-order chi connectivity index (χ0) is 14.3. The van der Waals surface area contributed by atoms with Crippen molar-refractivity contribution in [1.29, 1.82) is 0 Å². The first kappa shape index (κ1) is 12.8. The lowest BCUT2D eigenvalue weighted by Crippen LogP contribution is -2.48. The molecule has 2 aromatic heterocycles. The summed E-state index contributed by atoms with van der Waals surface area (Å²) >= 11 is 0. The minimum Gasteiger partial charge on any atom is -0.346 e. The quantitative estimate of drug-likeness (QED) is 0.876. The molecule has 5 heteroatoms. The molecule has 1 spiro atoms. The van der Waals surface area contributed by atoms with Gasteiger partial charge in [0.05, 0.1) is 5.39 Å². The maximum atomic E-state index is 13.1. The van der Waals surface area contributed by atoms with E-state index in [2.05, 4.69) is 19.9 Å². The lowest BCUT2D eigenvalue weighted by atomic mass is 9.79. The molecule has 0 unspecified atom stereocenters. The van der Waals surface area contributed by atoms with Crippen LogP contribution in [0.3, 0.4) is 0 Å². The van der Waals surface area contributed by atoms with Gasteiger partial charge < -0.3 is 9.88 Å². The van der Waals surface area contributed by atoms with Gasteiger partial charge in [0.25, 0.3) is 5.91 Å². The monoisotopic (exact) mass is 284 g/mol. The summed E-state index contributed by atoms with van der Waals surface area (Å²) in [5.41, 5.74) is 1.39. The lowest BCUT2D eigenvalue weighted by Gasteiger charge is -2.41. The molecule has 1 saturated carbocycles. The first-order chi connectivity index (χ1) is 10.3. The van der Waals surface area contributed by atoms with Crippen LogP contribution in [-0.4, -0.2) is 37.8 Å². The number of hydrogen-bond acceptors (Lipinski definition) is 3. The second-order valence-electron chi connectivity index (χ2n) is 6.31. The number of fused-ring (bicyclic) bond motifs is 1. The summed E-state index contributed by atoms with van der Waals surface area (Å²) in [5.74, 6) is 0.0846. The van der Waals surface area contributed by atoms with E-state index >= 15 is 0 Å². The van der Waals surface area contributed by atoms with Crippen molar-refractivity contribution in [2.45, 2.75) is 50.5 Å². The van der Waals surface area contributed by atoms with Crippen molar-refractivity contribution in [3.05, 3.63) is 24.3 Å². The Morgan fingerprint density at radius 1 is 1.14 bits per heavy atom. The number of aromatic nitrogens is 3. The molecular formula is C16H20N4O. The van der Waals surface area contributed by atoms with Crippen LogP contribution < -0.4 is 0 Å². The minimum atomic E-state index is 0.0846. The molecule has 1 amide bonds. The predicted molar refractivity (Wildman–Crippen MR) is 80.0 cm³/mol. The van der Waals surface area contributed by atoms with E-state index in [1.54, 1.807) is 0 Å².